The average Bonchev–Trinajstić information content (AvgIpc) is 2.30. The fourth-order valence-corrected chi connectivity index (χ4v) is 1.53. The van der Waals surface area contributed by atoms with Gasteiger partial charge < -0.3 is 5.32 Å². The van der Waals surface area contributed by atoms with Crippen molar-refractivity contribution in [2.75, 3.05) is 11.2 Å². The Hall–Kier alpha value is -1.14. The zero-order chi connectivity index (χ0) is 13.0. The van der Waals surface area contributed by atoms with Crippen LogP contribution in [0.3, 0.4) is 0 Å². The molecule has 0 aliphatic heterocycles. The van der Waals surface area contributed by atoms with E-state index in [1.165, 1.54) is 18.2 Å². The lowest BCUT2D eigenvalue weighted by Gasteiger charge is -2.10. The van der Waals surface area contributed by atoms with Gasteiger partial charge >= 0.3 is 0 Å². The number of halogens is 2. The summed E-state index contributed by atoms with van der Waals surface area (Å²) in [7, 11) is 0. The maximum atomic E-state index is 11.6. The molecule has 0 saturated heterocycles. The third-order valence-electron chi connectivity index (χ3n) is 2.10. The Morgan fingerprint density at radius 3 is 2.82 bits per heavy atom. The first-order chi connectivity index (χ1) is 7.95. The van der Waals surface area contributed by atoms with Crippen molar-refractivity contribution in [1.82, 2.24) is 0 Å². The highest BCUT2D eigenvalue weighted by atomic mass is 79.9. The normalized spacial score (nSPS) is 11.9. The molecule has 7 heteroatoms. The van der Waals surface area contributed by atoms with Crippen LogP contribution in [0.25, 0.3) is 0 Å². The molecule has 0 spiro atoms. The second-order valence-electron chi connectivity index (χ2n) is 3.47. The van der Waals surface area contributed by atoms with Crippen LogP contribution in [0.5, 0.6) is 0 Å². The fourth-order valence-electron chi connectivity index (χ4n) is 1.05. The molecule has 0 radical (unpaired) electrons. The molecule has 0 aliphatic rings. The van der Waals surface area contributed by atoms with Crippen LogP contribution in [0.15, 0.2) is 22.7 Å². The minimum Gasteiger partial charge on any atom is -0.325 e. The number of nitro benzene ring substituents is 1. The van der Waals surface area contributed by atoms with Crippen molar-refractivity contribution < 1.29 is 9.72 Å². The number of amides is 1. The summed E-state index contributed by atoms with van der Waals surface area (Å²) in [6.07, 6.45) is 0. The molecule has 1 N–H and O–H groups in total. The second kappa shape index (κ2) is 5.97. The predicted octanol–water partition coefficient (Wildman–Crippen LogP) is 3.17. The van der Waals surface area contributed by atoms with Crippen LogP contribution >= 0.6 is 27.5 Å². The van der Waals surface area contributed by atoms with E-state index >= 15 is 0 Å². The van der Waals surface area contributed by atoms with Crippen LogP contribution in [-0.2, 0) is 4.79 Å². The highest BCUT2D eigenvalue weighted by Crippen LogP contribution is 2.27. The van der Waals surface area contributed by atoms with Gasteiger partial charge in [-0.15, -0.1) is 11.6 Å². The van der Waals surface area contributed by atoms with Crippen molar-refractivity contribution in [2.24, 2.45) is 5.92 Å². The molecule has 0 aliphatic carbocycles. The van der Waals surface area contributed by atoms with Gasteiger partial charge in [-0.25, -0.2) is 0 Å². The maximum absolute atomic E-state index is 11.6. The number of nitrogens with zero attached hydrogens (tertiary/aromatic N) is 1. The summed E-state index contributed by atoms with van der Waals surface area (Å²) < 4.78 is 0.582. The summed E-state index contributed by atoms with van der Waals surface area (Å²) in [5, 5.41) is 13.2. The summed E-state index contributed by atoms with van der Waals surface area (Å²) >= 11 is 8.76. The number of anilines is 1. The van der Waals surface area contributed by atoms with Gasteiger partial charge in [-0.3, -0.25) is 14.9 Å². The van der Waals surface area contributed by atoms with Crippen molar-refractivity contribution in [3.05, 3.63) is 32.8 Å². The van der Waals surface area contributed by atoms with Gasteiger partial charge in [0.15, 0.2) is 0 Å². The lowest BCUT2D eigenvalue weighted by Crippen LogP contribution is -2.21. The van der Waals surface area contributed by atoms with E-state index in [9.17, 15) is 14.9 Å². The summed E-state index contributed by atoms with van der Waals surface area (Å²) in [4.78, 5) is 21.7. The zero-order valence-electron chi connectivity index (χ0n) is 8.94. The van der Waals surface area contributed by atoms with Crippen molar-refractivity contribution in [2.45, 2.75) is 6.92 Å². The third kappa shape index (κ3) is 3.67. The zero-order valence-corrected chi connectivity index (χ0v) is 11.3. The average molecular weight is 322 g/mol. The molecule has 1 amide bonds. The van der Waals surface area contributed by atoms with Gasteiger partial charge in [-0.05, 0) is 22.0 Å². The Morgan fingerprint density at radius 2 is 2.29 bits per heavy atom. The molecule has 1 rings (SSSR count). The molecule has 0 aromatic heterocycles. The summed E-state index contributed by atoms with van der Waals surface area (Å²) in [5.74, 6) is -0.442. The molecule has 0 heterocycles. The summed E-state index contributed by atoms with van der Waals surface area (Å²) in [6, 6.07) is 4.16. The lowest BCUT2D eigenvalue weighted by atomic mass is 10.2. The number of alkyl halides is 1. The quantitative estimate of drug-likeness (QED) is 0.526. The number of rotatable bonds is 4. The minimum absolute atomic E-state index is 0.0815. The van der Waals surface area contributed by atoms with Crippen molar-refractivity contribution >= 4 is 44.8 Å². The van der Waals surface area contributed by atoms with Crippen LogP contribution in [0.1, 0.15) is 6.92 Å². The first-order valence-corrected chi connectivity index (χ1v) is 6.09. The molecule has 1 aromatic rings. The number of non-ortho nitro benzene ring substituents is 1. The number of carbonyl (C=O) groups excluding carboxylic acids is 1. The van der Waals surface area contributed by atoms with Gasteiger partial charge in [0.25, 0.3) is 5.69 Å². The van der Waals surface area contributed by atoms with Crippen LogP contribution < -0.4 is 5.32 Å². The highest BCUT2D eigenvalue weighted by molar-refractivity contribution is 9.10. The molecular weight excluding hydrogens is 311 g/mol. The van der Waals surface area contributed by atoms with Crippen LogP contribution in [0.4, 0.5) is 11.4 Å². The van der Waals surface area contributed by atoms with Crippen molar-refractivity contribution in [1.29, 1.82) is 0 Å². The van der Waals surface area contributed by atoms with Crippen LogP contribution in [0.2, 0.25) is 0 Å². The topological polar surface area (TPSA) is 72.2 Å². The fraction of sp³-hybridized carbons (Fsp3) is 0.300. The minimum atomic E-state index is -0.521. The molecule has 17 heavy (non-hydrogen) atoms. The largest absolute Gasteiger partial charge is 0.325 e. The van der Waals surface area contributed by atoms with Crippen LogP contribution in [0, 0.1) is 16.0 Å². The molecule has 1 unspecified atom stereocenters. The Labute approximate surface area is 111 Å². The predicted molar refractivity (Wildman–Crippen MR) is 69.3 cm³/mol. The Balaban J connectivity index is 2.94. The molecule has 0 saturated carbocycles. The van der Waals surface area contributed by atoms with E-state index in [0.717, 1.165) is 0 Å². The van der Waals surface area contributed by atoms with E-state index in [4.69, 9.17) is 11.6 Å². The lowest BCUT2D eigenvalue weighted by molar-refractivity contribution is -0.384. The monoisotopic (exact) mass is 320 g/mol. The number of benzene rings is 1. The second-order valence-corrected chi connectivity index (χ2v) is 4.63. The van der Waals surface area contributed by atoms with E-state index in [0.29, 0.717) is 10.2 Å². The third-order valence-corrected chi connectivity index (χ3v) is 3.25. The first-order valence-electron chi connectivity index (χ1n) is 4.76. The molecule has 1 atom stereocenters. The van der Waals surface area contributed by atoms with Gasteiger partial charge in [-0.1, -0.05) is 6.92 Å². The smallest absolute Gasteiger partial charge is 0.271 e. The van der Waals surface area contributed by atoms with Gasteiger partial charge in [0, 0.05) is 28.4 Å². The van der Waals surface area contributed by atoms with Crippen LogP contribution in [-0.4, -0.2) is 16.7 Å². The molecule has 5 nitrogen and oxygen atoms in total. The van der Waals surface area contributed by atoms with E-state index in [1.807, 2.05) is 0 Å². The first kappa shape index (κ1) is 13.9. The van der Waals surface area contributed by atoms with E-state index < -0.39 is 4.92 Å². The Bertz CT molecular complexity index is 453. The molecule has 0 fully saturated rings. The van der Waals surface area contributed by atoms with Gasteiger partial charge in [0.2, 0.25) is 5.91 Å². The molecule has 0 bridgehead atoms. The number of nitrogens with one attached hydrogen (secondary N) is 1. The van der Waals surface area contributed by atoms with Gasteiger partial charge in [0.1, 0.15) is 0 Å². The van der Waals surface area contributed by atoms with E-state index in [1.54, 1.807) is 6.92 Å². The standard InChI is InChI=1S/C10H10BrClN2O3/c1-6(5-12)10(15)13-9-4-7(14(16)17)2-3-8(9)11/h2-4,6H,5H2,1H3,(H,13,15). The Morgan fingerprint density at radius 1 is 1.65 bits per heavy atom. The summed E-state index contributed by atoms with van der Waals surface area (Å²) in [6.45, 7) is 1.67. The number of hydrogen-bond donors (Lipinski definition) is 1. The number of carbonyl (C=O) groups is 1. The SMILES string of the molecule is CC(CCl)C(=O)Nc1cc([N+](=O)[O-])ccc1Br. The summed E-state index contributed by atoms with van der Waals surface area (Å²) in [5.41, 5.74) is 0.281. The highest BCUT2D eigenvalue weighted by Gasteiger charge is 2.15. The van der Waals surface area contributed by atoms with E-state index in [2.05, 4.69) is 21.2 Å². The molecule has 1 aromatic carbocycles. The van der Waals surface area contributed by atoms with Crippen molar-refractivity contribution in [3.8, 4) is 0 Å². The van der Waals surface area contributed by atoms with Gasteiger partial charge in [0.05, 0.1) is 10.6 Å². The number of hydrogen-bond acceptors (Lipinski definition) is 3. The Kier molecular flexibility index (Phi) is 4.89. The van der Waals surface area contributed by atoms with E-state index in [-0.39, 0.29) is 23.4 Å². The number of nitro groups is 1. The van der Waals surface area contributed by atoms with Crippen molar-refractivity contribution in [3.63, 3.8) is 0 Å². The van der Waals surface area contributed by atoms with Gasteiger partial charge in [-0.2, -0.15) is 0 Å². The molecule has 92 valence electrons. The maximum Gasteiger partial charge on any atom is 0.271 e. The molecular formula is C10H10BrClN2O3.